The number of aliphatic hydroxyl groups is 1. The Morgan fingerprint density at radius 3 is 3.00 bits per heavy atom. The van der Waals surface area contributed by atoms with Gasteiger partial charge < -0.3 is 25.1 Å². The van der Waals surface area contributed by atoms with Gasteiger partial charge >= 0.3 is 0 Å². The molecule has 6 nitrogen and oxygen atoms in total. The summed E-state index contributed by atoms with van der Waals surface area (Å²) in [4.78, 5) is 6.80. The first kappa shape index (κ1) is 20.2. The van der Waals surface area contributed by atoms with E-state index in [1.807, 2.05) is 19.9 Å². The van der Waals surface area contributed by atoms with E-state index in [0.29, 0.717) is 11.7 Å². The van der Waals surface area contributed by atoms with Crippen molar-refractivity contribution < 1.29 is 13.9 Å². The van der Waals surface area contributed by atoms with Crippen LogP contribution in [-0.4, -0.2) is 43.3 Å². The first-order chi connectivity index (χ1) is 13.6. The fourth-order valence-electron chi connectivity index (χ4n) is 3.55. The number of rotatable bonds is 6. The summed E-state index contributed by atoms with van der Waals surface area (Å²) in [6, 6.07) is 8.65. The van der Waals surface area contributed by atoms with Crippen LogP contribution in [0.1, 0.15) is 37.2 Å². The van der Waals surface area contributed by atoms with Gasteiger partial charge in [-0.05, 0) is 62.6 Å². The maximum absolute atomic E-state index is 13.4. The number of anilines is 1. The first-order valence-corrected chi connectivity index (χ1v) is 9.84. The largest absolute Gasteiger partial charge is 0.467 e. The Balaban J connectivity index is 1.63. The minimum Gasteiger partial charge on any atom is -0.467 e. The molecule has 1 aliphatic heterocycles. The number of guanidine groups is 1. The van der Waals surface area contributed by atoms with E-state index in [1.165, 1.54) is 6.07 Å². The molecule has 0 saturated carbocycles. The smallest absolute Gasteiger partial charge is 0.191 e. The Hall–Kier alpha value is -2.54. The molecule has 3 rings (SSSR count). The van der Waals surface area contributed by atoms with Crippen LogP contribution in [0.2, 0.25) is 0 Å². The fraction of sp³-hybridized carbons (Fsp3) is 0.476. The highest BCUT2D eigenvalue weighted by Gasteiger charge is 2.22. The van der Waals surface area contributed by atoms with Crippen molar-refractivity contribution in [1.29, 1.82) is 0 Å². The first-order valence-electron chi connectivity index (χ1n) is 9.84. The Labute approximate surface area is 165 Å². The summed E-state index contributed by atoms with van der Waals surface area (Å²) in [6.07, 6.45) is 2.85. The zero-order chi connectivity index (χ0) is 19.9. The molecule has 2 atom stereocenters. The number of nitrogens with zero attached hydrogens (tertiary/aromatic N) is 2. The predicted octanol–water partition coefficient (Wildman–Crippen LogP) is 2.98. The van der Waals surface area contributed by atoms with Gasteiger partial charge in [-0.1, -0.05) is 0 Å². The molecular weight excluding hydrogens is 359 g/mol. The van der Waals surface area contributed by atoms with Gasteiger partial charge in [0.05, 0.1) is 12.8 Å². The number of aliphatic hydroxyl groups excluding tert-OH is 1. The molecule has 0 spiro atoms. The predicted molar refractivity (Wildman–Crippen MR) is 109 cm³/mol. The maximum Gasteiger partial charge on any atom is 0.191 e. The van der Waals surface area contributed by atoms with Gasteiger partial charge in [0.2, 0.25) is 0 Å². The number of aryl methyl sites for hydroxylation is 1. The highest BCUT2D eigenvalue weighted by molar-refractivity contribution is 5.80. The second-order valence-electron chi connectivity index (χ2n) is 7.11. The molecule has 0 aliphatic carbocycles. The monoisotopic (exact) mass is 388 g/mol. The molecule has 0 bridgehead atoms. The number of halogens is 1. The van der Waals surface area contributed by atoms with E-state index >= 15 is 0 Å². The van der Waals surface area contributed by atoms with Crippen molar-refractivity contribution in [3.8, 4) is 0 Å². The summed E-state index contributed by atoms with van der Waals surface area (Å²) in [5.41, 5.74) is 2.02. The van der Waals surface area contributed by atoms with Gasteiger partial charge in [-0.25, -0.2) is 4.39 Å². The molecule has 0 amide bonds. The molecule has 2 heterocycles. The second-order valence-corrected chi connectivity index (χ2v) is 7.11. The average Bonchev–Trinajstić information content (AvgIpc) is 3.21. The number of aliphatic imine (C=N–C) groups is 1. The third kappa shape index (κ3) is 5.25. The number of benzene rings is 1. The number of piperidine rings is 1. The quantitative estimate of drug-likeness (QED) is 0.524. The third-order valence-electron chi connectivity index (χ3n) is 4.90. The molecule has 0 radical (unpaired) electrons. The Kier molecular flexibility index (Phi) is 6.92. The van der Waals surface area contributed by atoms with E-state index in [2.05, 4.69) is 20.5 Å². The van der Waals surface area contributed by atoms with Crippen LogP contribution >= 0.6 is 0 Å². The van der Waals surface area contributed by atoms with Crippen LogP contribution in [0.3, 0.4) is 0 Å². The summed E-state index contributed by atoms with van der Waals surface area (Å²) in [5.74, 6) is 0.982. The minimum atomic E-state index is -0.768. The van der Waals surface area contributed by atoms with Gasteiger partial charge in [0.15, 0.2) is 5.96 Å². The number of furan rings is 1. The van der Waals surface area contributed by atoms with Gasteiger partial charge in [-0.15, -0.1) is 0 Å². The van der Waals surface area contributed by atoms with Crippen molar-refractivity contribution in [2.75, 3.05) is 31.1 Å². The van der Waals surface area contributed by atoms with Crippen molar-refractivity contribution in [3.63, 3.8) is 0 Å². The van der Waals surface area contributed by atoms with E-state index in [9.17, 15) is 9.50 Å². The molecule has 7 heteroatoms. The number of nitrogens with one attached hydrogen (secondary N) is 2. The summed E-state index contributed by atoms with van der Waals surface area (Å²) >= 11 is 0. The van der Waals surface area contributed by atoms with Crippen LogP contribution in [-0.2, 0) is 0 Å². The van der Waals surface area contributed by atoms with Crippen molar-refractivity contribution >= 4 is 11.6 Å². The summed E-state index contributed by atoms with van der Waals surface area (Å²) in [6.45, 7) is 6.67. The topological polar surface area (TPSA) is 73.0 Å². The fourth-order valence-corrected chi connectivity index (χ4v) is 3.55. The highest BCUT2D eigenvalue weighted by atomic mass is 19.1. The van der Waals surface area contributed by atoms with E-state index < -0.39 is 6.10 Å². The molecule has 2 unspecified atom stereocenters. The van der Waals surface area contributed by atoms with Crippen LogP contribution < -0.4 is 15.5 Å². The van der Waals surface area contributed by atoms with E-state index in [-0.39, 0.29) is 18.4 Å². The Bertz CT molecular complexity index is 779. The molecule has 28 heavy (non-hydrogen) atoms. The zero-order valence-corrected chi connectivity index (χ0v) is 16.5. The van der Waals surface area contributed by atoms with Gasteiger partial charge in [-0.3, -0.25) is 4.99 Å². The molecule has 1 aliphatic rings. The van der Waals surface area contributed by atoms with Crippen molar-refractivity contribution in [2.45, 2.75) is 38.8 Å². The molecular formula is C21H29FN4O2. The highest BCUT2D eigenvalue weighted by Crippen LogP contribution is 2.24. The lowest BCUT2D eigenvalue weighted by molar-refractivity contribution is 0.158. The Morgan fingerprint density at radius 2 is 2.29 bits per heavy atom. The van der Waals surface area contributed by atoms with Gasteiger partial charge in [0.1, 0.15) is 17.7 Å². The van der Waals surface area contributed by atoms with Crippen molar-refractivity contribution in [3.05, 3.63) is 53.7 Å². The van der Waals surface area contributed by atoms with Crippen LogP contribution in [0.5, 0.6) is 0 Å². The van der Waals surface area contributed by atoms with Crippen LogP contribution in [0.4, 0.5) is 10.1 Å². The average molecular weight is 388 g/mol. The van der Waals surface area contributed by atoms with E-state index in [1.54, 1.807) is 24.5 Å². The van der Waals surface area contributed by atoms with Crippen molar-refractivity contribution in [1.82, 2.24) is 10.6 Å². The van der Waals surface area contributed by atoms with Gasteiger partial charge in [0, 0.05) is 31.4 Å². The molecule has 3 N–H and O–H groups in total. The number of hydrogen-bond donors (Lipinski definition) is 3. The zero-order valence-electron chi connectivity index (χ0n) is 16.5. The van der Waals surface area contributed by atoms with Gasteiger partial charge in [0.25, 0.3) is 0 Å². The molecule has 2 aromatic rings. The summed E-state index contributed by atoms with van der Waals surface area (Å²) in [7, 11) is 0. The molecule has 152 valence electrons. The molecule has 1 saturated heterocycles. The number of hydrogen-bond acceptors (Lipinski definition) is 4. The minimum absolute atomic E-state index is 0.204. The van der Waals surface area contributed by atoms with Gasteiger partial charge in [-0.2, -0.15) is 0 Å². The summed E-state index contributed by atoms with van der Waals surface area (Å²) < 4.78 is 18.6. The van der Waals surface area contributed by atoms with Crippen LogP contribution in [0.25, 0.3) is 0 Å². The van der Waals surface area contributed by atoms with Crippen LogP contribution in [0, 0.1) is 12.7 Å². The lowest BCUT2D eigenvalue weighted by Crippen LogP contribution is -2.51. The standard InChI is InChI=1S/C21H29FN4O2/c1-3-23-21(24-13-19(27)20-7-5-11-28-20)25-17-6-4-10-26(14-17)18-9-8-16(22)12-15(18)2/h5,7-9,11-12,17,19,27H,3-4,6,10,13-14H2,1-2H3,(H2,23,24,25). The molecule has 1 aromatic carbocycles. The van der Waals surface area contributed by atoms with E-state index in [0.717, 1.165) is 43.7 Å². The summed E-state index contributed by atoms with van der Waals surface area (Å²) in [5, 5.41) is 16.9. The lowest BCUT2D eigenvalue weighted by atomic mass is 10.0. The SMILES string of the molecule is CCNC(=NCC(O)c1ccco1)NC1CCCN(c2ccc(F)cc2C)C1. The van der Waals surface area contributed by atoms with E-state index in [4.69, 9.17) is 4.42 Å². The Morgan fingerprint density at radius 1 is 1.43 bits per heavy atom. The normalized spacial score (nSPS) is 18.8. The molecule has 1 aromatic heterocycles. The molecule has 1 fully saturated rings. The third-order valence-corrected chi connectivity index (χ3v) is 4.90. The maximum atomic E-state index is 13.4. The second kappa shape index (κ2) is 9.59. The van der Waals surface area contributed by atoms with Crippen LogP contribution in [0.15, 0.2) is 46.0 Å². The lowest BCUT2D eigenvalue weighted by Gasteiger charge is -2.36. The van der Waals surface area contributed by atoms with Crippen molar-refractivity contribution in [2.24, 2.45) is 4.99 Å².